The molecule has 0 radical (unpaired) electrons. The summed E-state index contributed by atoms with van der Waals surface area (Å²) in [5, 5.41) is 0. The summed E-state index contributed by atoms with van der Waals surface area (Å²) in [6.07, 6.45) is 0. The summed E-state index contributed by atoms with van der Waals surface area (Å²) in [6, 6.07) is 0.314. The first-order valence-electron chi connectivity index (χ1n) is 7.17. The highest BCUT2D eigenvalue weighted by molar-refractivity contribution is 5.82. The largest absolute Gasteiger partial charge is 0.383 e. The average Bonchev–Trinajstić information content (AvgIpc) is 2.35. The van der Waals surface area contributed by atoms with Crippen molar-refractivity contribution in [2.24, 2.45) is 11.7 Å². The summed E-state index contributed by atoms with van der Waals surface area (Å²) < 4.78 is 5.14. The molecule has 0 bridgehead atoms. The van der Waals surface area contributed by atoms with Gasteiger partial charge in [0.15, 0.2) is 0 Å². The van der Waals surface area contributed by atoms with Gasteiger partial charge in [-0.05, 0) is 19.8 Å². The Morgan fingerprint density at radius 1 is 1.32 bits per heavy atom. The Morgan fingerprint density at radius 3 is 2.26 bits per heavy atom. The van der Waals surface area contributed by atoms with Crippen molar-refractivity contribution < 1.29 is 9.53 Å². The molecule has 2 N–H and O–H groups in total. The Morgan fingerprint density at radius 2 is 1.84 bits per heavy atom. The van der Waals surface area contributed by atoms with Gasteiger partial charge in [-0.25, -0.2) is 0 Å². The second kappa shape index (κ2) is 7.22. The number of carbonyl (C=O) groups excluding carboxylic acids is 1. The van der Waals surface area contributed by atoms with Crippen molar-refractivity contribution in [2.75, 3.05) is 33.4 Å². The van der Waals surface area contributed by atoms with E-state index in [1.807, 2.05) is 18.7 Å². The standard InChI is InChI=1S/C14H29N3O2/c1-10(2)13(15)14(18)16-8-11(3)17(6-7-19-5)12(4)9-16/h10-13H,6-9,15H2,1-5H3/t11?,12?,13-/m0/s1. The number of amides is 1. The Kier molecular flexibility index (Phi) is 6.23. The van der Waals surface area contributed by atoms with E-state index >= 15 is 0 Å². The van der Waals surface area contributed by atoms with Gasteiger partial charge < -0.3 is 15.4 Å². The molecule has 3 atom stereocenters. The molecule has 0 aromatic rings. The molecule has 1 heterocycles. The number of nitrogens with zero attached hydrogens (tertiary/aromatic N) is 2. The third kappa shape index (κ3) is 4.16. The maximum atomic E-state index is 12.3. The molecular weight excluding hydrogens is 242 g/mol. The van der Waals surface area contributed by atoms with Crippen LogP contribution >= 0.6 is 0 Å². The van der Waals surface area contributed by atoms with Crippen molar-refractivity contribution in [3.05, 3.63) is 0 Å². The third-order valence-electron chi connectivity index (χ3n) is 3.97. The van der Waals surface area contributed by atoms with Gasteiger partial charge in [-0.2, -0.15) is 0 Å². The van der Waals surface area contributed by atoms with Gasteiger partial charge in [0.1, 0.15) is 0 Å². The lowest BCUT2D eigenvalue weighted by atomic mass is 10.0. The van der Waals surface area contributed by atoms with E-state index in [2.05, 4.69) is 18.7 Å². The van der Waals surface area contributed by atoms with Crippen LogP contribution in [0.3, 0.4) is 0 Å². The van der Waals surface area contributed by atoms with Crippen molar-refractivity contribution in [3.8, 4) is 0 Å². The number of carbonyl (C=O) groups is 1. The molecule has 0 spiro atoms. The number of methoxy groups -OCH3 is 1. The van der Waals surface area contributed by atoms with Crippen molar-refractivity contribution in [3.63, 3.8) is 0 Å². The van der Waals surface area contributed by atoms with E-state index in [1.54, 1.807) is 7.11 Å². The van der Waals surface area contributed by atoms with Crippen molar-refractivity contribution in [1.29, 1.82) is 0 Å². The summed E-state index contributed by atoms with van der Waals surface area (Å²) in [7, 11) is 1.72. The average molecular weight is 271 g/mol. The van der Waals surface area contributed by atoms with Crippen LogP contribution < -0.4 is 5.73 Å². The highest BCUT2D eigenvalue weighted by Crippen LogP contribution is 2.17. The van der Waals surface area contributed by atoms with Crippen LogP contribution in [-0.4, -0.2) is 67.2 Å². The lowest BCUT2D eigenvalue weighted by Crippen LogP contribution is -2.61. The van der Waals surface area contributed by atoms with E-state index < -0.39 is 0 Å². The lowest BCUT2D eigenvalue weighted by molar-refractivity contribution is -0.138. The molecule has 1 saturated heterocycles. The van der Waals surface area contributed by atoms with Gasteiger partial charge in [0.25, 0.3) is 0 Å². The molecule has 5 nitrogen and oxygen atoms in total. The maximum Gasteiger partial charge on any atom is 0.239 e. The van der Waals surface area contributed by atoms with Crippen LogP contribution in [0.25, 0.3) is 0 Å². The Hall–Kier alpha value is -0.650. The van der Waals surface area contributed by atoms with Gasteiger partial charge in [0.2, 0.25) is 5.91 Å². The fraction of sp³-hybridized carbons (Fsp3) is 0.929. The van der Waals surface area contributed by atoms with E-state index in [0.29, 0.717) is 12.1 Å². The zero-order chi connectivity index (χ0) is 14.6. The van der Waals surface area contributed by atoms with Crippen LogP contribution in [0.2, 0.25) is 0 Å². The molecule has 0 aromatic carbocycles. The first-order valence-corrected chi connectivity index (χ1v) is 7.17. The van der Waals surface area contributed by atoms with E-state index in [1.165, 1.54) is 0 Å². The molecule has 0 aromatic heterocycles. The molecule has 19 heavy (non-hydrogen) atoms. The molecule has 1 amide bonds. The van der Waals surface area contributed by atoms with Gasteiger partial charge >= 0.3 is 0 Å². The van der Waals surface area contributed by atoms with Crippen LogP contribution in [0.15, 0.2) is 0 Å². The maximum absolute atomic E-state index is 12.3. The smallest absolute Gasteiger partial charge is 0.239 e. The number of ether oxygens (including phenoxy) is 1. The Labute approximate surface area is 117 Å². The van der Waals surface area contributed by atoms with Crippen molar-refractivity contribution in [2.45, 2.75) is 45.8 Å². The first kappa shape index (κ1) is 16.4. The summed E-state index contributed by atoms with van der Waals surface area (Å²) >= 11 is 0. The molecule has 2 unspecified atom stereocenters. The fourth-order valence-electron chi connectivity index (χ4n) is 2.67. The first-order chi connectivity index (χ1) is 8.88. The zero-order valence-electron chi connectivity index (χ0n) is 12.9. The van der Waals surface area contributed by atoms with Gasteiger partial charge in [-0.15, -0.1) is 0 Å². The quantitative estimate of drug-likeness (QED) is 0.793. The Balaban J connectivity index is 2.61. The summed E-state index contributed by atoms with van der Waals surface area (Å²) in [6.45, 7) is 11.5. The summed E-state index contributed by atoms with van der Waals surface area (Å²) in [4.78, 5) is 16.6. The van der Waals surface area contributed by atoms with Crippen LogP contribution in [0.5, 0.6) is 0 Å². The third-order valence-corrected chi connectivity index (χ3v) is 3.97. The molecule has 0 aliphatic carbocycles. The van der Waals surface area contributed by atoms with E-state index in [-0.39, 0.29) is 17.9 Å². The van der Waals surface area contributed by atoms with Crippen molar-refractivity contribution >= 4 is 5.91 Å². The Bertz CT molecular complexity index is 284. The molecular formula is C14H29N3O2. The predicted octanol–water partition coefficient (Wildman–Crippen LogP) is 0.537. The normalized spacial score (nSPS) is 26.8. The van der Waals surface area contributed by atoms with Crippen LogP contribution in [0.4, 0.5) is 0 Å². The minimum Gasteiger partial charge on any atom is -0.383 e. The molecule has 1 rings (SSSR count). The molecule has 0 saturated carbocycles. The lowest BCUT2D eigenvalue weighted by Gasteiger charge is -2.45. The zero-order valence-corrected chi connectivity index (χ0v) is 12.9. The molecule has 112 valence electrons. The molecule has 1 fully saturated rings. The van der Waals surface area contributed by atoms with E-state index in [9.17, 15) is 4.79 Å². The van der Waals surface area contributed by atoms with Crippen LogP contribution in [0.1, 0.15) is 27.7 Å². The minimum atomic E-state index is -0.384. The molecule has 5 heteroatoms. The highest BCUT2D eigenvalue weighted by Gasteiger charge is 2.33. The van der Waals surface area contributed by atoms with Gasteiger partial charge in [-0.1, -0.05) is 13.8 Å². The minimum absolute atomic E-state index is 0.0834. The van der Waals surface area contributed by atoms with Crippen LogP contribution in [0, 0.1) is 5.92 Å². The fourth-order valence-corrected chi connectivity index (χ4v) is 2.67. The summed E-state index contributed by atoms with van der Waals surface area (Å²) in [5.41, 5.74) is 5.97. The monoisotopic (exact) mass is 271 g/mol. The van der Waals surface area contributed by atoms with Crippen LogP contribution in [-0.2, 0) is 9.53 Å². The van der Waals surface area contributed by atoms with Gasteiger partial charge in [0.05, 0.1) is 12.6 Å². The second-order valence-corrected chi connectivity index (χ2v) is 5.94. The van der Waals surface area contributed by atoms with Crippen molar-refractivity contribution in [1.82, 2.24) is 9.80 Å². The predicted molar refractivity (Wildman–Crippen MR) is 76.9 cm³/mol. The summed E-state index contributed by atoms with van der Waals surface area (Å²) in [5.74, 6) is 0.268. The number of piperazine rings is 1. The topological polar surface area (TPSA) is 58.8 Å². The van der Waals surface area contributed by atoms with E-state index in [4.69, 9.17) is 10.5 Å². The van der Waals surface area contributed by atoms with Gasteiger partial charge in [0, 0.05) is 38.8 Å². The number of hydrogen-bond donors (Lipinski definition) is 1. The SMILES string of the molecule is COCCN1C(C)CN(C(=O)[C@@H](N)C(C)C)CC1C. The number of nitrogens with two attached hydrogens (primary N) is 1. The molecule has 1 aliphatic rings. The molecule has 1 aliphatic heterocycles. The second-order valence-electron chi connectivity index (χ2n) is 5.94. The van der Waals surface area contributed by atoms with E-state index in [0.717, 1.165) is 26.2 Å². The number of hydrogen-bond acceptors (Lipinski definition) is 4. The highest BCUT2D eigenvalue weighted by atomic mass is 16.5. The van der Waals surface area contributed by atoms with Gasteiger partial charge in [-0.3, -0.25) is 9.69 Å². The number of rotatable bonds is 5.